The summed E-state index contributed by atoms with van der Waals surface area (Å²) in [7, 11) is 0. The van der Waals surface area contributed by atoms with Crippen LogP contribution in [0.4, 0.5) is 0 Å². The molecule has 0 atom stereocenters. The molecule has 2 N–H and O–H groups in total. The SMILES string of the molecule is Cc1ccc(C(=O)NCc2sccc2Br)c(O)c1. The third-order valence-corrected chi connectivity index (χ3v) is 4.42. The predicted octanol–water partition coefficient (Wildman–Crippen LogP) is 3.45. The molecule has 1 aromatic heterocycles. The average molecular weight is 326 g/mol. The van der Waals surface area contributed by atoms with Crippen LogP contribution in [0.1, 0.15) is 20.8 Å². The number of hydrogen-bond donors (Lipinski definition) is 2. The molecule has 2 rings (SSSR count). The first kappa shape index (κ1) is 13.1. The van der Waals surface area contributed by atoms with E-state index >= 15 is 0 Å². The standard InChI is InChI=1S/C13H12BrNO2S/c1-8-2-3-9(11(16)6-8)13(17)15-7-12-10(14)4-5-18-12/h2-6,16H,7H2,1H3,(H,15,17). The lowest BCUT2D eigenvalue weighted by atomic mass is 10.1. The summed E-state index contributed by atoms with van der Waals surface area (Å²) in [5, 5.41) is 14.4. The lowest BCUT2D eigenvalue weighted by molar-refractivity contribution is 0.0948. The third-order valence-electron chi connectivity index (χ3n) is 2.50. The number of halogens is 1. The van der Waals surface area contributed by atoms with Gasteiger partial charge < -0.3 is 10.4 Å². The lowest BCUT2D eigenvalue weighted by Gasteiger charge is -2.06. The summed E-state index contributed by atoms with van der Waals surface area (Å²) in [6.07, 6.45) is 0. The minimum absolute atomic E-state index is 0.0118. The summed E-state index contributed by atoms with van der Waals surface area (Å²) < 4.78 is 0.987. The zero-order chi connectivity index (χ0) is 13.1. The Hall–Kier alpha value is -1.33. The number of phenols is 1. The van der Waals surface area contributed by atoms with Gasteiger partial charge in [0.1, 0.15) is 5.75 Å². The second kappa shape index (κ2) is 5.54. The Morgan fingerprint density at radius 1 is 1.44 bits per heavy atom. The number of phenolic OH excluding ortho intramolecular Hbond substituents is 1. The van der Waals surface area contributed by atoms with Gasteiger partial charge in [-0.1, -0.05) is 6.07 Å². The van der Waals surface area contributed by atoms with Crippen molar-refractivity contribution in [3.63, 3.8) is 0 Å². The van der Waals surface area contributed by atoms with Crippen molar-refractivity contribution in [3.8, 4) is 5.75 Å². The molecule has 0 radical (unpaired) electrons. The fraction of sp³-hybridized carbons (Fsp3) is 0.154. The Balaban J connectivity index is 2.06. The van der Waals surface area contributed by atoms with E-state index in [1.807, 2.05) is 18.4 Å². The fourth-order valence-electron chi connectivity index (χ4n) is 1.54. The monoisotopic (exact) mass is 325 g/mol. The molecule has 0 spiro atoms. The van der Waals surface area contributed by atoms with E-state index in [1.165, 1.54) is 0 Å². The Morgan fingerprint density at radius 3 is 2.83 bits per heavy atom. The van der Waals surface area contributed by atoms with Gasteiger partial charge in [0.15, 0.2) is 0 Å². The summed E-state index contributed by atoms with van der Waals surface area (Å²) in [6.45, 7) is 2.31. The molecule has 1 heterocycles. The Labute approximate surface area is 118 Å². The first-order chi connectivity index (χ1) is 8.58. The molecule has 3 nitrogen and oxygen atoms in total. The molecule has 2 aromatic rings. The van der Waals surface area contributed by atoms with Gasteiger partial charge in [0.2, 0.25) is 0 Å². The van der Waals surface area contributed by atoms with Gasteiger partial charge in [-0.15, -0.1) is 11.3 Å². The zero-order valence-electron chi connectivity index (χ0n) is 9.74. The van der Waals surface area contributed by atoms with Gasteiger partial charge in [-0.2, -0.15) is 0 Å². The highest BCUT2D eigenvalue weighted by atomic mass is 79.9. The molecular weight excluding hydrogens is 314 g/mol. The van der Waals surface area contributed by atoms with Gasteiger partial charge in [-0.05, 0) is 52.0 Å². The first-order valence-corrected chi connectivity index (χ1v) is 7.05. The van der Waals surface area contributed by atoms with Crippen LogP contribution in [0.5, 0.6) is 5.75 Å². The van der Waals surface area contributed by atoms with E-state index in [0.29, 0.717) is 12.1 Å². The molecule has 0 saturated carbocycles. The Bertz CT molecular complexity index is 580. The van der Waals surface area contributed by atoms with E-state index in [9.17, 15) is 9.90 Å². The van der Waals surface area contributed by atoms with Crippen LogP contribution in [0, 0.1) is 6.92 Å². The number of carbonyl (C=O) groups excluding carboxylic acids is 1. The summed E-state index contributed by atoms with van der Waals surface area (Å²) in [5.74, 6) is -0.259. The normalized spacial score (nSPS) is 10.3. The maximum absolute atomic E-state index is 11.9. The topological polar surface area (TPSA) is 49.3 Å². The summed E-state index contributed by atoms with van der Waals surface area (Å²) in [5.41, 5.74) is 1.22. The van der Waals surface area contributed by atoms with Crippen molar-refractivity contribution in [2.75, 3.05) is 0 Å². The largest absolute Gasteiger partial charge is 0.507 e. The summed E-state index contributed by atoms with van der Waals surface area (Å²) in [6, 6.07) is 6.95. The minimum Gasteiger partial charge on any atom is -0.507 e. The molecule has 0 aliphatic rings. The van der Waals surface area contributed by atoms with Gasteiger partial charge >= 0.3 is 0 Å². The minimum atomic E-state index is -0.271. The van der Waals surface area contributed by atoms with Gasteiger partial charge in [0, 0.05) is 9.35 Å². The summed E-state index contributed by atoms with van der Waals surface area (Å²) in [4.78, 5) is 13.0. The highest BCUT2D eigenvalue weighted by Gasteiger charge is 2.11. The number of hydrogen-bond acceptors (Lipinski definition) is 3. The van der Waals surface area contributed by atoms with E-state index < -0.39 is 0 Å². The van der Waals surface area contributed by atoms with Crippen molar-refractivity contribution in [1.82, 2.24) is 5.32 Å². The van der Waals surface area contributed by atoms with Crippen LogP contribution in [-0.2, 0) is 6.54 Å². The van der Waals surface area contributed by atoms with Crippen molar-refractivity contribution < 1.29 is 9.90 Å². The molecule has 0 saturated heterocycles. The highest BCUT2D eigenvalue weighted by molar-refractivity contribution is 9.10. The van der Waals surface area contributed by atoms with E-state index in [4.69, 9.17) is 0 Å². The smallest absolute Gasteiger partial charge is 0.255 e. The number of aryl methyl sites for hydroxylation is 1. The number of thiophene rings is 1. The van der Waals surface area contributed by atoms with Crippen LogP contribution < -0.4 is 5.32 Å². The molecule has 0 fully saturated rings. The maximum atomic E-state index is 11.9. The van der Waals surface area contributed by atoms with Crippen LogP contribution in [0.25, 0.3) is 0 Å². The molecule has 0 bridgehead atoms. The number of nitrogens with one attached hydrogen (secondary N) is 1. The van der Waals surface area contributed by atoms with E-state index in [2.05, 4.69) is 21.2 Å². The molecule has 1 aromatic carbocycles. The quantitative estimate of drug-likeness (QED) is 0.908. The Kier molecular flexibility index (Phi) is 4.04. The van der Waals surface area contributed by atoms with E-state index in [0.717, 1.165) is 14.9 Å². The molecule has 18 heavy (non-hydrogen) atoms. The van der Waals surface area contributed by atoms with Crippen LogP contribution in [-0.4, -0.2) is 11.0 Å². The molecule has 5 heteroatoms. The van der Waals surface area contributed by atoms with E-state index in [1.54, 1.807) is 29.5 Å². The van der Waals surface area contributed by atoms with Crippen molar-refractivity contribution in [1.29, 1.82) is 0 Å². The first-order valence-electron chi connectivity index (χ1n) is 5.37. The second-order valence-electron chi connectivity index (χ2n) is 3.89. The second-order valence-corrected chi connectivity index (χ2v) is 5.75. The summed E-state index contributed by atoms with van der Waals surface area (Å²) >= 11 is 4.98. The number of aromatic hydroxyl groups is 1. The van der Waals surface area contributed by atoms with Crippen LogP contribution >= 0.6 is 27.3 Å². The van der Waals surface area contributed by atoms with Gasteiger partial charge in [0.25, 0.3) is 5.91 Å². The molecule has 0 unspecified atom stereocenters. The molecule has 0 aliphatic carbocycles. The maximum Gasteiger partial charge on any atom is 0.255 e. The highest BCUT2D eigenvalue weighted by Crippen LogP contribution is 2.23. The van der Waals surface area contributed by atoms with Crippen molar-refractivity contribution in [2.24, 2.45) is 0 Å². The molecule has 0 aliphatic heterocycles. The van der Waals surface area contributed by atoms with Crippen LogP contribution in [0.2, 0.25) is 0 Å². The van der Waals surface area contributed by atoms with Gasteiger partial charge in [-0.25, -0.2) is 0 Å². The van der Waals surface area contributed by atoms with Crippen molar-refractivity contribution in [2.45, 2.75) is 13.5 Å². The predicted molar refractivity (Wildman–Crippen MR) is 76.0 cm³/mol. The van der Waals surface area contributed by atoms with Crippen LogP contribution in [0.15, 0.2) is 34.1 Å². The number of benzene rings is 1. The average Bonchev–Trinajstić information content (AvgIpc) is 2.72. The van der Waals surface area contributed by atoms with Gasteiger partial charge in [0.05, 0.1) is 12.1 Å². The zero-order valence-corrected chi connectivity index (χ0v) is 12.1. The number of rotatable bonds is 3. The van der Waals surface area contributed by atoms with Crippen molar-refractivity contribution >= 4 is 33.2 Å². The number of carbonyl (C=O) groups is 1. The Morgan fingerprint density at radius 2 is 2.22 bits per heavy atom. The van der Waals surface area contributed by atoms with Gasteiger partial charge in [-0.3, -0.25) is 4.79 Å². The van der Waals surface area contributed by atoms with Crippen molar-refractivity contribution in [3.05, 3.63) is 50.1 Å². The molecule has 94 valence electrons. The molecular formula is C13H12BrNO2S. The van der Waals surface area contributed by atoms with Crippen LogP contribution in [0.3, 0.4) is 0 Å². The number of amides is 1. The third kappa shape index (κ3) is 2.91. The lowest BCUT2D eigenvalue weighted by Crippen LogP contribution is -2.22. The van der Waals surface area contributed by atoms with E-state index in [-0.39, 0.29) is 11.7 Å². The fourth-order valence-corrected chi connectivity index (χ4v) is 2.97. The molecule has 1 amide bonds.